The first-order valence-electron chi connectivity index (χ1n) is 10.0. The average Bonchev–Trinajstić information content (AvgIpc) is 2.66. The largest absolute Gasteiger partial charge is 0.493 e. The van der Waals surface area contributed by atoms with Crippen LogP contribution in [0.4, 0.5) is 10.1 Å². The first kappa shape index (κ1) is 22.1. The maximum Gasteiger partial charge on any atom is 0.257 e. The monoisotopic (exact) mass is 432 g/mol. The second-order valence-corrected chi connectivity index (χ2v) is 8.40. The van der Waals surface area contributed by atoms with E-state index in [0.29, 0.717) is 40.5 Å². The summed E-state index contributed by atoms with van der Waals surface area (Å²) in [6, 6.07) is 11.2. The Morgan fingerprint density at radius 3 is 2.60 bits per heavy atom. The molecule has 1 spiro atoms. The first-order valence-corrected chi connectivity index (χ1v) is 10.4. The van der Waals surface area contributed by atoms with Gasteiger partial charge in [-0.1, -0.05) is 30.7 Å². The van der Waals surface area contributed by atoms with Gasteiger partial charge >= 0.3 is 0 Å². The fourth-order valence-corrected chi connectivity index (χ4v) is 4.53. The second-order valence-electron chi connectivity index (χ2n) is 7.99. The molecular formula is C23H26ClFN2O3. The molecule has 7 heteroatoms. The summed E-state index contributed by atoms with van der Waals surface area (Å²) in [7, 11) is 0. The van der Waals surface area contributed by atoms with Crippen LogP contribution in [0.5, 0.6) is 5.75 Å². The molecule has 2 aromatic carbocycles. The minimum atomic E-state index is -0.377. The zero-order valence-corrected chi connectivity index (χ0v) is 17.9. The molecule has 0 radical (unpaired) electrons. The Kier molecular flexibility index (Phi) is 6.98. The first-order chi connectivity index (χ1) is 14.4. The van der Waals surface area contributed by atoms with Gasteiger partial charge in [-0.25, -0.2) is 4.39 Å². The summed E-state index contributed by atoms with van der Waals surface area (Å²) < 4.78 is 18.6. The number of hydrogen-bond donors (Lipinski definition) is 1. The molecule has 1 aliphatic heterocycles. The van der Waals surface area contributed by atoms with E-state index >= 15 is 0 Å². The Bertz CT molecular complexity index is 907. The van der Waals surface area contributed by atoms with Crippen LogP contribution >= 0.6 is 11.6 Å². The maximum absolute atomic E-state index is 13.3. The minimum absolute atomic E-state index is 0.0429. The third kappa shape index (κ3) is 4.93. The molecule has 0 unspecified atom stereocenters. The SMILES string of the molecule is CCOc1cc(F)ccc1C(=O)N1CC2(CC(C)C2)C1.O=CNc1ccccc1Cl. The molecule has 30 heavy (non-hydrogen) atoms. The lowest BCUT2D eigenvalue weighted by Gasteiger charge is -2.58. The van der Waals surface area contributed by atoms with E-state index < -0.39 is 0 Å². The molecule has 2 amide bonds. The van der Waals surface area contributed by atoms with E-state index in [9.17, 15) is 14.0 Å². The molecule has 1 N–H and O–H groups in total. The van der Waals surface area contributed by atoms with Crippen LogP contribution in [-0.4, -0.2) is 36.9 Å². The van der Waals surface area contributed by atoms with Crippen LogP contribution in [0.1, 0.15) is 37.0 Å². The van der Waals surface area contributed by atoms with Crippen molar-refractivity contribution in [3.05, 3.63) is 58.9 Å². The number of anilines is 1. The van der Waals surface area contributed by atoms with Crippen molar-refractivity contribution < 1.29 is 18.7 Å². The van der Waals surface area contributed by atoms with Gasteiger partial charge in [-0.15, -0.1) is 0 Å². The summed E-state index contributed by atoms with van der Waals surface area (Å²) in [5.41, 5.74) is 1.48. The predicted octanol–water partition coefficient (Wildman–Crippen LogP) is 5.00. The van der Waals surface area contributed by atoms with Crippen molar-refractivity contribution in [2.45, 2.75) is 26.7 Å². The van der Waals surface area contributed by atoms with Crippen molar-refractivity contribution >= 4 is 29.6 Å². The van der Waals surface area contributed by atoms with Gasteiger partial charge in [-0.05, 0) is 49.9 Å². The highest BCUT2D eigenvalue weighted by atomic mass is 35.5. The van der Waals surface area contributed by atoms with E-state index in [0.717, 1.165) is 19.0 Å². The van der Waals surface area contributed by atoms with Crippen molar-refractivity contribution in [3.63, 3.8) is 0 Å². The average molecular weight is 433 g/mol. The molecule has 1 saturated heterocycles. The fourth-order valence-electron chi connectivity index (χ4n) is 4.34. The van der Waals surface area contributed by atoms with E-state index in [4.69, 9.17) is 16.3 Å². The number of likely N-dealkylation sites (tertiary alicyclic amines) is 1. The van der Waals surface area contributed by atoms with Gasteiger partial charge in [-0.2, -0.15) is 0 Å². The summed E-state index contributed by atoms with van der Waals surface area (Å²) in [6.07, 6.45) is 3.04. The Morgan fingerprint density at radius 1 is 1.30 bits per heavy atom. The van der Waals surface area contributed by atoms with Crippen LogP contribution < -0.4 is 10.1 Å². The van der Waals surface area contributed by atoms with Gasteiger partial charge in [-0.3, -0.25) is 9.59 Å². The van der Waals surface area contributed by atoms with E-state index in [1.54, 1.807) is 24.3 Å². The second kappa shape index (κ2) is 9.47. The molecule has 0 bridgehead atoms. The fraction of sp³-hybridized carbons (Fsp3) is 0.391. The summed E-state index contributed by atoms with van der Waals surface area (Å²) in [6.45, 7) is 6.17. The highest BCUT2D eigenvalue weighted by Gasteiger charge is 2.52. The van der Waals surface area contributed by atoms with E-state index in [-0.39, 0.29) is 11.7 Å². The molecule has 2 fully saturated rings. The van der Waals surface area contributed by atoms with Crippen molar-refractivity contribution in [1.29, 1.82) is 0 Å². The molecule has 160 valence electrons. The lowest BCUT2D eigenvalue weighted by Crippen LogP contribution is -2.63. The highest BCUT2D eigenvalue weighted by molar-refractivity contribution is 6.33. The molecular weight excluding hydrogens is 407 g/mol. The molecule has 4 rings (SSSR count). The van der Waals surface area contributed by atoms with Crippen molar-refractivity contribution in [2.75, 3.05) is 25.0 Å². The van der Waals surface area contributed by atoms with Crippen LogP contribution in [0, 0.1) is 17.2 Å². The predicted molar refractivity (Wildman–Crippen MR) is 115 cm³/mol. The topological polar surface area (TPSA) is 58.6 Å². The van der Waals surface area contributed by atoms with Gasteiger partial charge in [0.2, 0.25) is 6.41 Å². The van der Waals surface area contributed by atoms with Crippen molar-refractivity contribution in [3.8, 4) is 5.75 Å². The van der Waals surface area contributed by atoms with Crippen LogP contribution in [0.15, 0.2) is 42.5 Å². The van der Waals surface area contributed by atoms with Crippen molar-refractivity contribution in [2.24, 2.45) is 11.3 Å². The Hall–Kier alpha value is -2.60. The van der Waals surface area contributed by atoms with Crippen molar-refractivity contribution in [1.82, 2.24) is 4.90 Å². The number of halogens is 2. The summed E-state index contributed by atoms with van der Waals surface area (Å²) in [5.74, 6) is 0.717. The van der Waals surface area contributed by atoms with E-state index in [1.807, 2.05) is 11.8 Å². The smallest absolute Gasteiger partial charge is 0.257 e. The molecule has 1 aliphatic carbocycles. The lowest BCUT2D eigenvalue weighted by molar-refractivity contribution is -0.105. The van der Waals surface area contributed by atoms with Crippen LogP contribution in [0.25, 0.3) is 0 Å². The quantitative estimate of drug-likeness (QED) is 0.676. The van der Waals surface area contributed by atoms with Gasteiger partial charge in [0.1, 0.15) is 11.6 Å². The van der Waals surface area contributed by atoms with E-state index in [2.05, 4.69) is 12.2 Å². The van der Waals surface area contributed by atoms with Gasteiger partial charge in [0, 0.05) is 24.6 Å². The third-order valence-electron chi connectivity index (χ3n) is 5.46. The Labute approximate surface area is 181 Å². The van der Waals surface area contributed by atoms with Crippen LogP contribution in [0.2, 0.25) is 5.02 Å². The molecule has 0 atom stereocenters. The molecule has 1 heterocycles. The summed E-state index contributed by atoms with van der Waals surface area (Å²) >= 11 is 5.68. The highest BCUT2D eigenvalue weighted by Crippen LogP contribution is 2.52. The number of carbonyl (C=O) groups is 2. The van der Waals surface area contributed by atoms with Gasteiger partial charge < -0.3 is 15.0 Å². The zero-order valence-electron chi connectivity index (χ0n) is 17.2. The summed E-state index contributed by atoms with van der Waals surface area (Å²) in [4.78, 5) is 24.3. The third-order valence-corrected chi connectivity index (χ3v) is 5.79. The summed E-state index contributed by atoms with van der Waals surface area (Å²) in [5, 5.41) is 3.01. The van der Waals surface area contributed by atoms with Gasteiger partial charge in [0.25, 0.3) is 5.91 Å². The normalized spacial score (nSPS) is 16.6. The van der Waals surface area contributed by atoms with E-state index in [1.165, 1.54) is 31.0 Å². The van der Waals surface area contributed by atoms with Gasteiger partial charge in [0.05, 0.1) is 22.9 Å². The maximum atomic E-state index is 13.3. The number of ether oxygens (including phenoxy) is 1. The number of hydrogen-bond acceptors (Lipinski definition) is 3. The molecule has 5 nitrogen and oxygen atoms in total. The number of amides is 2. The molecule has 1 saturated carbocycles. The minimum Gasteiger partial charge on any atom is -0.493 e. The number of rotatable bonds is 5. The zero-order chi connectivity index (χ0) is 21.7. The number of carbonyl (C=O) groups excluding carboxylic acids is 2. The Balaban J connectivity index is 0.000000216. The van der Waals surface area contributed by atoms with Gasteiger partial charge in [0.15, 0.2) is 0 Å². The number of nitrogens with zero attached hydrogens (tertiary/aromatic N) is 1. The van der Waals surface area contributed by atoms with Crippen LogP contribution in [0.3, 0.4) is 0 Å². The number of benzene rings is 2. The molecule has 2 aromatic rings. The lowest BCUT2D eigenvalue weighted by atomic mass is 9.58. The standard InChI is InChI=1S/C16H20FNO2.C7H6ClNO/c1-3-20-14-6-12(17)4-5-13(14)15(19)18-9-16(10-18)7-11(2)8-16;8-6-3-1-2-4-7(6)9-5-10/h4-6,11H,3,7-10H2,1-2H3;1-5H,(H,9,10). The molecule has 2 aliphatic rings. The molecule has 0 aromatic heterocycles. The van der Waals surface area contributed by atoms with Crippen LogP contribution in [-0.2, 0) is 4.79 Å². The number of nitrogens with one attached hydrogen (secondary N) is 1. The Morgan fingerprint density at radius 2 is 2.00 bits per heavy atom. The number of para-hydroxylation sites is 1.